The standard InChI is InChI=1S/C7H9NO4/c9-3-7-1-5(12-4-7)2-8(7)6(10)11/h3,5H,1-2,4H2,(H,10,11)/t5-,7+/m1/s1. The zero-order valence-corrected chi connectivity index (χ0v) is 6.40. The average Bonchev–Trinajstić information content (AvgIpc) is 2.60. The third-order valence-electron chi connectivity index (χ3n) is 2.52. The van der Waals surface area contributed by atoms with Gasteiger partial charge in [0, 0.05) is 6.42 Å². The first-order valence-electron chi connectivity index (χ1n) is 3.76. The molecule has 0 aromatic carbocycles. The maximum absolute atomic E-state index is 10.7. The molecule has 0 spiro atoms. The number of likely N-dealkylation sites (tertiary alicyclic amines) is 1. The quantitative estimate of drug-likeness (QED) is 0.550. The van der Waals surface area contributed by atoms with Crippen LogP contribution in [0.1, 0.15) is 6.42 Å². The first-order chi connectivity index (χ1) is 5.68. The number of carboxylic acid groups (broad SMARTS) is 1. The topological polar surface area (TPSA) is 66.8 Å². The summed E-state index contributed by atoms with van der Waals surface area (Å²) in [6.45, 7) is 0.543. The van der Waals surface area contributed by atoms with Gasteiger partial charge < -0.3 is 14.6 Å². The summed E-state index contributed by atoms with van der Waals surface area (Å²) in [6.07, 6.45) is 0.0934. The largest absolute Gasteiger partial charge is 0.465 e. The number of rotatable bonds is 1. The second-order valence-electron chi connectivity index (χ2n) is 3.25. The van der Waals surface area contributed by atoms with Crippen molar-refractivity contribution in [2.45, 2.75) is 18.1 Å². The minimum atomic E-state index is -1.03. The monoisotopic (exact) mass is 171 g/mol. The SMILES string of the molecule is O=C[C@@]12CO[C@@H](CN1C(=O)O)C2. The van der Waals surface area contributed by atoms with Crippen LogP contribution in [0.2, 0.25) is 0 Å². The molecule has 2 bridgehead atoms. The van der Waals surface area contributed by atoms with Gasteiger partial charge in [-0.3, -0.25) is 4.90 Å². The molecule has 5 heteroatoms. The second-order valence-corrected chi connectivity index (χ2v) is 3.25. The summed E-state index contributed by atoms with van der Waals surface area (Å²) in [7, 11) is 0. The number of carbonyl (C=O) groups excluding carboxylic acids is 1. The Hall–Kier alpha value is -1.10. The molecule has 2 rings (SSSR count). The fourth-order valence-electron chi connectivity index (χ4n) is 1.88. The van der Waals surface area contributed by atoms with Gasteiger partial charge in [0.25, 0.3) is 0 Å². The molecule has 1 amide bonds. The molecule has 0 radical (unpaired) electrons. The molecule has 1 N–H and O–H groups in total. The van der Waals surface area contributed by atoms with Crippen molar-refractivity contribution in [1.82, 2.24) is 4.90 Å². The van der Waals surface area contributed by atoms with Crippen LogP contribution in [-0.2, 0) is 9.53 Å². The Kier molecular flexibility index (Phi) is 1.38. The predicted molar refractivity (Wildman–Crippen MR) is 37.9 cm³/mol. The van der Waals surface area contributed by atoms with E-state index in [1.165, 1.54) is 4.90 Å². The third-order valence-corrected chi connectivity index (χ3v) is 2.52. The molecule has 0 saturated carbocycles. The Bertz CT molecular complexity index is 242. The third kappa shape index (κ3) is 0.768. The van der Waals surface area contributed by atoms with Crippen LogP contribution in [-0.4, -0.2) is 47.2 Å². The van der Waals surface area contributed by atoms with Gasteiger partial charge in [-0.2, -0.15) is 0 Å². The summed E-state index contributed by atoms with van der Waals surface area (Å²) in [5.41, 5.74) is -0.878. The Morgan fingerprint density at radius 1 is 1.75 bits per heavy atom. The van der Waals surface area contributed by atoms with Crippen molar-refractivity contribution in [3.8, 4) is 0 Å². The van der Waals surface area contributed by atoms with Crippen molar-refractivity contribution in [3.63, 3.8) is 0 Å². The van der Waals surface area contributed by atoms with Crippen molar-refractivity contribution >= 4 is 12.4 Å². The van der Waals surface area contributed by atoms with Gasteiger partial charge in [-0.15, -0.1) is 0 Å². The molecule has 5 nitrogen and oxygen atoms in total. The van der Waals surface area contributed by atoms with Crippen LogP contribution in [0.15, 0.2) is 0 Å². The highest BCUT2D eigenvalue weighted by Gasteiger charge is 2.54. The van der Waals surface area contributed by atoms with Crippen LogP contribution in [0.5, 0.6) is 0 Å². The molecule has 2 fully saturated rings. The van der Waals surface area contributed by atoms with E-state index in [1.54, 1.807) is 0 Å². The maximum Gasteiger partial charge on any atom is 0.408 e. The van der Waals surface area contributed by atoms with E-state index in [-0.39, 0.29) is 12.7 Å². The molecular weight excluding hydrogens is 162 g/mol. The lowest BCUT2D eigenvalue weighted by Gasteiger charge is -2.31. The molecule has 2 atom stereocenters. The van der Waals surface area contributed by atoms with Gasteiger partial charge >= 0.3 is 6.09 Å². The number of nitrogens with zero attached hydrogens (tertiary/aromatic N) is 1. The fourth-order valence-corrected chi connectivity index (χ4v) is 1.88. The van der Waals surface area contributed by atoms with E-state index in [2.05, 4.69) is 0 Å². The Morgan fingerprint density at radius 2 is 2.50 bits per heavy atom. The number of amides is 1. The van der Waals surface area contributed by atoms with Crippen molar-refractivity contribution in [2.24, 2.45) is 0 Å². The Labute approximate surface area is 68.9 Å². The summed E-state index contributed by atoms with van der Waals surface area (Å²) >= 11 is 0. The van der Waals surface area contributed by atoms with E-state index in [0.717, 1.165) is 0 Å². The average molecular weight is 171 g/mol. The first-order valence-corrected chi connectivity index (χ1v) is 3.76. The van der Waals surface area contributed by atoms with E-state index in [9.17, 15) is 9.59 Å². The highest BCUT2D eigenvalue weighted by molar-refractivity contribution is 5.77. The number of hydrogen-bond donors (Lipinski definition) is 1. The molecule has 12 heavy (non-hydrogen) atoms. The van der Waals surface area contributed by atoms with Crippen LogP contribution >= 0.6 is 0 Å². The van der Waals surface area contributed by atoms with E-state index < -0.39 is 11.6 Å². The van der Waals surface area contributed by atoms with Crippen molar-refractivity contribution < 1.29 is 19.4 Å². The molecule has 2 aliphatic heterocycles. The van der Waals surface area contributed by atoms with Crippen LogP contribution in [0.25, 0.3) is 0 Å². The van der Waals surface area contributed by atoms with Crippen LogP contribution in [0.3, 0.4) is 0 Å². The molecular formula is C7H9NO4. The normalized spacial score (nSPS) is 38.7. The molecule has 2 aliphatic rings. The Morgan fingerprint density at radius 3 is 2.92 bits per heavy atom. The zero-order chi connectivity index (χ0) is 8.77. The van der Waals surface area contributed by atoms with E-state index >= 15 is 0 Å². The smallest absolute Gasteiger partial charge is 0.408 e. The van der Waals surface area contributed by atoms with Crippen LogP contribution < -0.4 is 0 Å². The zero-order valence-electron chi connectivity index (χ0n) is 6.40. The molecule has 0 aromatic heterocycles. The highest BCUT2D eigenvalue weighted by Crippen LogP contribution is 2.36. The predicted octanol–water partition coefficient (Wildman–Crippen LogP) is -0.293. The van der Waals surface area contributed by atoms with Crippen molar-refractivity contribution in [2.75, 3.05) is 13.2 Å². The fraction of sp³-hybridized carbons (Fsp3) is 0.714. The number of morpholine rings is 1. The van der Waals surface area contributed by atoms with Gasteiger partial charge in [-0.25, -0.2) is 4.79 Å². The first kappa shape index (κ1) is 7.54. The number of ether oxygens (including phenoxy) is 1. The number of hydrogen-bond acceptors (Lipinski definition) is 3. The lowest BCUT2D eigenvalue weighted by Crippen LogP contribution is -2.52. The minimum Gasteiger partial charge on any atom is -0.465 e. The van der Waals surface area contributed by atoms with Gasteiger partial charge in [0.15, 0.2) is 0 Å². The second kappa shape index (κ2) is 2.20. The number of fused-ring (bicyclic) bond motifs is 2. The summed E-state index contributed by atoms with van der Waals surface area (Å²) in [4.78, 5) is 22.6. The molecule has 66 valence electrons. The van der Waals surface area contributed by atoms with Crippen LogP contribution in [0, 0.1) is 0 Å². The summed E-state index contributed by atoms with van der Waals surface area (Å²) in [5, 5.41) is 8.74. The van der Waals surface area contributed by atoms with Crippen molar-refractivity contribution in [3.05, 3.63) is 0 Å². The maximum atomic E-state index is 10.7. The highest BCUT2D eigenvalue weighted by atomic mass is 16.5. The summed E-state index contributed by atoms with van der Waals surface area (Å²) < 4.78 is 5.19. The molecule has 2 saturated heterocycles. The minimum absolute atomic E-state index is 0.0775. The summed E-state index contributed by atoms with van der Waals surface area (Å²) in [6, 6.07) is 0. The van der Waals surface area contributed by atoms with Gasteiger partial charge in [0.2, 0.25) is 0 Å². The van der Waals surface area contributed by atoms with E-state index in [1.807, 2.05) is 0 Å². The van der Waals surface area contributed by atoms with Crippen LogP contribution in [0.4, 0.5) is 4.79 Å². The van der Waals surface area contributed by atoms with E-state index in [4.69, 9.17) is 9.84 Å². The number of carbonyl (C=O) groups is 2. The van der Waals surface area contributed by atoms with Gasteiger partial charge in [-0.05, 0) is 0 Å². The molecule has 0 unspecified atom stereocenters. The molecule has 0 aromatic rings. The molecule has 0 aliphatic carbocycles. The van der Waals surface area contributed by atoms with Crippen molar-refractivity contribution in [1.29, 1.82) is 0 Å². The van der Waals surface area contributed by atoms with Gasteiger partial charge in [-0.1, -0.05) is 0 Å². The lowest BCUT2D eigenvalue weighted by atomic mass is 10.0. The number of aldehydes is 1. The van der Waals surface area contributed by atoms with E-state index in [0.29, 0.717) is 19.3 Å². The van der Waals surface area contributed by atoms with Gasteiger partial charge in [0.1, 0.15) is 11.8 Å². The summed E-state index contributed by atoms with van der Waals surface area (Å²) in [5.74, 6) is 0. The molecule has 2 heterocycles. The lowest BCUT2D eigenvalue weighted by molar-refractivity contribution is -0.119. The van der Waals surface area contributed by atoms with Gasteiger partial charge in [0.05, 0.1) is 19.3 Å². The Balaban J connectivity index is 2.28.